The topological polar surface area (TPSA) is 34.2 Å². The van der Waals surface area contributed by atoms with Crippen molar-refractivity contribution in [1.29, 1.82) is 0 Å². The zero-order valence-corrected chi connectivity index (χ0v) is 29.8. The maximum Gasteiger partial charge on any atom is 0.153 e. The van der Waals surface area contributed by atoms with E-state index < -0.39 is 0 Å². The zero-order valence-electron chi connectivity index (χ0n) is 29.8. The summed E-state index contributed by atoms with van der Waals surface area (Å²) < 4.78 is 8.62. The van der Waals surface area contributed by atoms with Gasteiger partial charge in [0, 0.05) is 38.5 Å². The van der Waals surface area contributed by atoms with Crippen molar-refractivity contribution in [3.63, 3.8) is 0 Å². The molecule has 0 atom stereocenters. The van der Waals surface area contributed by atoms with Gasteiger partial charge in [-0.1, -0.05) is 140 Å². The van der Waals surface area contributed by atoms with Crippen molar-refractivity contribution in [2.45, 2.75) is 0 Å². The highest BCUT2D eigenvalue weighted by atomic mass is 16.3. The minimum absolute atomic E-state index is 0.767. The molecule has 0 aliphatic rings. The van der Waals surface area contributed by atoms with E-state index in [1.54, 1.807) is 0 Å². The monoisotopic (exact) mass is 703 g/mol. The summed E-state index contributed by atoms with van der Waals surface area (Å²) in [5.74, 6) is 0.806. The third-order valence-corrected chi connectivity index (χ3v) is 10.8. The number of anilines is 3. The number of nitrogens with zero attached hydrogens (tertiary/aromatic N) is 3. The van der Waals surface area contributed by atoms with Crippen LogP contribution >= 0.6 is 0 Å². The van der Waals surface area contributed by atoms with E-state index in [1.165, 1.54) is 38.1 Å². The van der Waals surface area contributed by atoms with E-state index in [2.05, 4.69) is 191 Å². The molecule has 258 valence electrons. The molecule has 55 heavy (non-hydrogen) atoms. The number of rotatable bonds is 6. The maximum absolute atomic E-state index is 6.22. The van der Waals surface area contributed by atoms with Crippen molar-refractivity contribution in [2.75, 3.05) is 4.90 Å². The highest BCUT2D eigenvalue weighted by molar-refractivity contribution is 6.10. The summed E-state index contributed by atoms with van der Waals surface area (Å²) in [5, 5.41) is 7.04. The predicted octanol–water partition coefficient (Wildman–Crippen LogP) is 14.0. The van der Waals surface area contributed by atoms with Crippen LogP contribution < -0.4 is 4.90 Å². The molecular weight excluding hydrogens is 671 g/mol. The summed E-state index contributed by atoms with van der Waals surface area (Å²) in [6, 6.07) is 69.1. The van der Waals surface area contributed by atoms with Gasteiger partial charge in [0.15, 0.2) is 5.58 Å². The fourth-order valence-corrected chi connectivity index (χ4v) is 8.31. The lowest BCUT2D eigenvalue weighted by molar-refractivity contribution is 0.667. The lowest BCUT2D eigenvalue weighted by Gasteiger charge is -2.26. The molecule has 0 fully saturated rings. The molecule has 0 bridgehead atoms. The number of benzene rings is 8. The fraction of sp³-hybridized carbons (Fsp3) is 0. The van der Waals surface area contributed by atoms with Gasteiger partial charge in [-0.15, -0.1) is 0 Å². The van der Waals surface area contributed by atoms with Crippen LogP contribution in [0.15, 0.2) is 205 Å². The van der Waals surface area contributed by atoms with E-state index in [0.29, 0.717) is 0 Å². The van der Waals surface area contributed by atoms with Gasteiger partial charge in [0.25, 0.3) is 0 Å². The number of fused-ring (bicyclic) bond motifs is 7. The highest BCUT2D eigenvalue weighted by Gasteiger charge is 2.21. The van der Waals surface area contributed by atoms with Crippen LogP contribution in [0.1, 0.15) is 0 Å². The normalized spacial score (nSPS) is 11.6. The van der Waals surface area contributed by atoms with Crippen molar-refractivity contribution in [3.05, 3.63) is 200 Å². The van der Waals surface area contributed by atoms with Crippen molar-refractivity contribution >= 4 is 71.7 Å². The molecule has 0 aliphatic heterocycles. The quantitative estimate of drug-likeness (QED) is 0.173. The molecule has 0 unspecified atom stereocenters. The van der Waals surface area contributed by atoms with Crippen LogP contribution in [0.5, 0.6) is 0 Å². The Morgan fingerprint density at radius 1 is 0.418 bits per heavy atom. The van der Waals surface area contributed by atoms with Crippen LogP contribution in [0.3, 0.4) is 0 Å². The number of hydrogen-bond acceptors (Lipinski definition) is 3. The molecule has 0 aliphatic carbocycles. The minimum atomic E-state index is 0.767. The molecule has 0 saturated carbocycles. The van der Waals surface area contributed by atoms with Gasteiger partial charge in [0.2, 0.25) is 0 Å². The second-order valence-corrected chi connectivity index (χ2v) is 14.0. The van der Waals surface area contributed by atoms with Crippen LogP contribution in [0.2, 0.25) is 0 Å². The predicted molar refractivity (Wildman–Crippen MR) is 229 cm³/mol. The van der Waals surface area contributed by atoms with Gasteiger partial charge in [-0.3, -0.25) is 4.90 Å². The molecule has 4 heteroatoms. The first kappa shape index (κ1) is 31.1. The highest BCUT2D eigenvalue weighted by Crippen LogP contribution is 2.43. The first-order valence-corrected chi connectivity index (χ1v) is 18.6. The Kier molecular flexibility index (Phi) is 7.14. The lowest BCUT2D eigenvalue weighted by Crippen LogP contribution is -2.12. The smallest absolute Gasteiger partial charge is 0.153 e. The van der Waals surface area contributed by atoms with Crippen molar-refractivity contribution in [1.82, 2.24) is 9.55 Å². The summed E-state index contributed by atoms with van der Waals surface area (Å²) in [5.41, 5.74) is 11.7. The van der Waals surface area contributed by atoms with E-state index in [-0.39, 0.29) is 0 Å². The number of furan rings is 1. The second-order valence-electron chi connectivity index (χ2n) is 14.0. The number of hydrogen-bond donors (Lipinski definition) is 0. The summed E-state index contributed by atoms with van der Waals surface area (Å²) in [6.07, 6.45) is 1.85. The van der Waals surface area contributed by atoms with E-state index in [1.807, 2.05) is 18.3 Å². The largest absolute Gasteiger partial charge is 0.454 e. The van der Waals surface area contributed by atoms with Crippen LogP contribution in [0.25, 0.3) is 82.5 Å². The Balaban J connectivity index is 1.14. The first-order valence-electron chi connectivity index (χ1n) is 18.6. The molecule has 11 rings (SSSR count). The average molecular weight is 704 g/mol. The molecule has 0 saturated heterocycles. The Labute approximate surface area is 317 Å². The van der Waals surface area contributed by atoms with Crippen LogP contribution in [-0.4, -0.2) is 9.55 Å². The van der Waals surface area contributed by atoms with E-state index in [4.69, 9.17) is 9.40 Å². The molecule has 8 aromatic carbocycles. The zero-order chi connectivity index (χ0) is 36.3. The average Bonchev–Trinajstić information content (AvgIpc) is 3.80. The Hall–Kier alpha value is -7.43. The number of aromatic nitrogens is 2. The van der Waals surface area contributed by atoms with Gasteiger partial charge in [-0.25, -0.2) is 4.98 Å². The summed E-state index contributed by atoms with van der Waals surface area (Å²) in [4.78, 5) is 7.32. The molecule has 4 nitrogen and oxygen atoms in total. The van der Waals surface area contributed by atoms with Gasteiger partial charge in [0.1, 0.15) is 11.4 Å². The molecule has 0 N–H and O–H groups in total. The summed E-state index contributed by atoms with van der Waals surface area (Å²) in [6.45, 7) is 0. The summed E-state index contributed by atoms with van der Waals surface area (Å²) in [7, 11) is 0. The Morgan fingerprint density at radius 3 is 1.82 bits per heavy atom. The molecule has 11 aromatic rings. The third kappa shape index (κ3) is 5.11. The van der Waals surface area contributed by atoms with Crippen molar-refractivity contribution in [3.8, 4) is 27.9 Å². The van der Waals surface area contributed by atoms with Crippen LogP contribution in [0.4, 0.5) is 17.2 Å². The molecule has 0 radical (unpaired) electrons. The van der Waals surface area contributed by atoms with Gasteiger partial charge in [-0.2, -0.15) is 0 Å². The van der Waals surface area contributed by atoms with Crippen molar-refractivity contribution in [2.24, 2.45) is 0 Å². The standard InChI is InChI=1S/C51H33N3O/c1-2-13-35(14-3-1)44-31-38(29-30-48(44)54-46-22-9-6-18-41(46)42-19-7-10-23-47(42)54)53(51-32-45-43-20-8-11-24-49(43)55-50(45)33-52-51)37-27-25-36(26-28-37)40-21-12-16-34-15-4-5-17-39(34)40/h1-33H. The molecule has 0 amide bonds. The van der Waals surface area contributed by atoms with Gasteiger partial charge in [-0.05, 0) is 82.1 Å². The maximum atomic E-state index is 6.22. The number of para-hydroxylation sites is 3. The second kappa shape index (κ2) is 12.6. The molecule has 3 heterocycles. The first-order chi connectivity index (χ1) is 27.3. The van der Waals surface area contributed by atoms with E-state index in [0.717, 1.165) is 61.5 Å². The van der Waals surface area contributed by atoms with Crippen molar-refractivity contribution < 1.29 is 4.42 Å². The Morgan fingerprint density at radius 2 is 1.04 bits per heavy atom. The lowest BCUT2D eigenvalue weighted by atomic mass is 9.98. The Bertz CT molecular complexity index is 3150. The molecule has 3 aromatic heterocycles. The van der Waals surface area contributed by atoms with Gasteiger partial charge < -0.3 is 8.98 Å². The van der Waals surface area contributed by atoms with Crippen LogP contribution in [-0.2, 0) is 0 Å². The van der Waals surface area contributed by atoms with E-state index >= 15 is 0 Å². The SMILES string of the molecule is c1ccc(-c2cc(N(c3ccc(-c4cccc5ccccc45)cc3)c3cc4c(cn3)oc3ccccc34)ccc2-n2c3ccccc3c3ccccc32)cc1. The molecular formula is C51H33N3O. The molecule has 0 spiro atoms. The fourth-order valence-electron chi connectivity index (χ4n) is 8.31. The van der Waals surface area contributed by atoms with Gasteiger partial charge in [0.05, 0.1) is 22.9 Å². The summed E-state index contributed by atoms with van der Waals surface area (Å²) >= 11 is 0. The third-order valence-electron chi connectivity index (χ3n) is 10.8. The van der Waals surface area contributed by atoms with Crippen LogP contribution in [0, 0.1) is 0 Å². The number of pyridine rings is 1. The minimum Gasteiger partial charge on any atom is -0.454 e. The van der Waals surface area contributed by atoms with Gasteiger partial charge >= 0.3 is 0 Å². The van der Waals surface area contributed by atoms with E-state index in [9.17, 15) is 0 Å².